The molecule has 0 aliphatic carbocycles. The van der Waals surface area contributed by atoms with E-state index < -0.39 is 21.5 Å². The largest absolute Gasteiger partial charge is 0.416 e. The van der Waals surface area contributed by atoms with Crippen LogP contribution in [0.15, 0.2) is 24.3 Å². The van der Waals surface area contributed by atoms with Gasteiger partial charge in [0.2, 0.25) is 0 Å². The Labute approximate surface area is 85.6 Å². The highest BCUT2D eigenvalue weighted by atomic mass is 32.2. The van der Waals surface area contributed by atoms with E-state index in [9.17, 15) is 17.4 Å². The predicted octanol–water partition coefficient (Wildman–Crippen LogP) is 2.24. The third kappa shape index (κ3) is 3.93. The molecule has 0 heterocycles. The van der Waals surface area contributed by atoms with Crippen LogP contribution in [-0.2, 0) is 16.0 Å². The highest BCUT2D eigenvalue weighted by Crippen LogP contribution is 2.29. The molecule has 1 aromatic carbocycles. The van der Waals surface area contributed by atoms with Gasteiger partial charge < -0.3 is 4.55 Å². The van der Waals surface area contributed by atoms with Gasteiger partial charge in [-0.05, 0) is 17.7 Å². The molecule has 0 aliphatic heterocycles. The van der Waals surface area contributed by atoms with Crippen LogP contribution < -0.4 is 0 Å². The van der Waals surface area contributed by atoms with Gasteiger partial charge in [0.25, 0.3) is 0 Å². The number of rotatable bonds is 1. The first-order valence-electron chi connectivity index (χ1n) is 3.92. The molecule has 0 spiro atoms. The summed E-state index contributed by atoms with van der Waals surface area (Å²) in [4.78, 5) is 0. The summed E-state index contributed by atoms with van der Waals surface area (Å²) in [5.74, 6) is 0. The number of hydrogen-bond donors (Lipinski definition) is 1. The van der Waals surface area contributed by atoms with E-state index in [-0.39, 0.29) is 5.56 Å². The van der Waals surface area contributed by atoms with Gasteiger partial charge in [-0.25, -0.2) is 4.21 Å². The summed E-state index contributed by atoms with van der Waals surface area (Å²) in [6.07, 6.45) is -3.40. The molecule has 84 valence electrons. The van der Waals surface area contributed by atoms with E-state index in [1.54, 1.807) is 0 Å². The fourth-order valence-electron chi connectivity index (χ4n) is 1.04. The second-order valence-electron chi connectivity index (χ2n) is 3.10. The van der Waals surface area contributed by atoms with E-state index in [1.165, 1.54) is 12.1 Å². The summed E-state index contributed by atoms with van der Waals surface area (Å²) in [6.45, 7) is 0. The zero-order valence-corrected chi connectivity index (χ0v) is 8.60. The molecular formula is C9H9F3O2S. The molecule has 1 unspecified atom stereocenters. The molecule has 0 saturated heterocycles. The van der Waals surface area contributed by atoms with Gasteiger partial charge in [-0.3, -0.25) is 0 Å². The van der Waals surface area contributed by atoms with Crippen molar-refractivity contribution < 1.29 is 21.9 Å². The quantitative estimate of drug-likeness (QED) is 0.762. The van der Waals surface area contributed by atoms with E-state index in [4.69, 9.17) is 4.55 Å². The fraction of sp³-hybridized carbons (Fsp3) is 0.222. The summed E-state index contributed by atoms with van der Waals surface area (Å²) in [6, 6.07) is 4.28. The van der Waals surface area contributed by atoms with Crippen molar-refractivity contribution >= 4 is 15.2 Å². The van der Waals surface area contributed by atoms with Crippen LogP contribution >= 0.6 is 0 Å². The lowest BCUT2D eigenvalue weighted by molar-refractivity contribution is -0.137. The minimum atomic E-state index is -4.44. The van der Waals surface area contributed by atoms with Crippen LogP contribution in [0, 0.1) is 0 Å². The maximum absolute atomic E-state index is 12.3. The second kappa shape index (κ2) is 3.86. The average molecular weight is 238 g/mol. The molecule has 0 fully saturated rings. The fourth-order valence-corrected chi connectivity index (χ4v) is 1.69. The van der Waals surface area contributed by atoms with Crippen LogP contribution in [0.4, 0.5) is 13.2 Å². The highest BCUT2D eigenvalue weighted by molar-refractivity contribution is 7.95. The molecule has 1 N–H and O–H groups in total. The zero-order chi connectivity index (χ0) is 11.7. The minimum Gasteiger partial charge on any atom is -0.314 e. The summed E-state index contributed by atoms with van der Waals surface area (Å²) in [5.41, 5.74) is -0.750. The molecule has 1 atom stereocenters. The van der Waals surface area contributed by atoms with Gasteiger partial charge in [0, 0.05) is 11.6 Å². The Morgan fingerprint density at radius 1 is 1.40 bits per heavy atom. The Kier molecular flexibility index (Phi) is 3.11. The molecule has 1 rings (SSSR count). The predicted molar refractivity (Wildman–Crippen MR) is 53.3 cm³/mol. The van der Waals surface area contributed by atoms with Crippen molar-refractivity contribution in [1.29, 1.82) is 0 Å². The van der Waals surface area contributed by atoms with Crippen molar-refractivity contribution in [3.8, 4) is 0 Å². The van der Waals surface area contributed by atoms with E-state index in [1.807, 2.05) is 0 Å². The van der Waals surface area contributed by atoms with Crippen LogP contribution in [0.25, 0.3) is 0 Å². The lowest BCUT2D eigenvalue weighted by atomic mass is 10.1. The van der Waals surface area contributed by atoms with Crippen LogP contribution in [-0.4, -0.2) is 20.4 Å². The molecular weight excluding hydrogens is 229 g/mol. The summed E-state index contributed by atoms with van der Waals surface area (Å²) in [7, 11) is -3.18. The Hall–Kier alpha value is -1.01. The Morgan fingerprint density at radius 3 is 2.47 bits per heavy atom. The van der Waals surface area contributed by atoms with Gasteiger partial charge in [0.15, 0.2) is 0 Å². The van der Waals surface area contributed by atoms with Crippen molar-refractivity contribution in [3.63, 3.8) is 0 Å². The number of halogens is 3. The molecule has 1 aromatic rings. The van der Waals surface area contributed by atoms with Gasteiger partial charge in [-0.1, -0.05) is 12.1 Å². The Morgan fingerprint density at radius 2 is 2.00 bits per heavy atom. The Balaban J connectivity index is 3.21. The number of alkyl halides is 3. The number of hydrogen-bond acceptors (Lipinski definition) is 1. The van der Waals surface area contributed by atoms with E-state index in [0.29, 0.717) is 0 Å². The van der Waals surface area contributed by atoms with Crippen molar-refractivity contribution in [2.75, 3.05) is 6.26 Å². The molecule has 0 aromatic heterocycles. The van der Waals surface area contributed by atoms with Gasteiger partial charge >= 0.3 is 6.18 Å². The standard InChI is InChI=1S/C9H9F3O2S/c1-15(13,14)6-7-3-2-4-8(5-7)9(10,11)12/h2-6H,1H3,(H,13,14). The molecule has 6 heteroatoms. The molecule has 2 nitrogen and oxygen atoms in total. The first kappa shape index (κ1) is 12.1. The number of benzene rings is 1. The van der Waals surface area contributed by atoms with E-state index >= 15 is 0 Å². The monoisotopic (exact) mass is 238 g/mol. The highest BCUT2D eigenvalue weighted by Gasteiger charge is 2.30. The van der Waals surface area contributed by atoms with Crippen molar-refractivity contribution in [1.82, 2.24) is 0 Å². The summed E-state index contributed by atoms with van der Waals surface area (Å²) >= 11 is 0. The van der Waals surface area contributed by atoms with Crippen molar-refractivity contribution in [2.45, 2.75) is 6.18 Å². The van der Waals surface area contributed by atoms with E-state index in [2.05, 4.69) is 0 Å². The molecule has 0 radical (unpaired) electrons. The normalized spacial score (nSPS) is 15.8. The molecule has 0 bridgehead atoms. The van der Waals surface area contributed by atoms with Crippen molar-refractivity contribution in [3.05, 3.63) is 35.4 Å². The molecule has 0 amide bonds. The van der Waals surface area contributed by atoms with Crippen LogP contribution in [0.1, 0.15) is 11.1 Å². The van der Waals surface area contributed by atoms with E-state index in [0.717, 1.165) is 23.8 Å². The maximum atomic E-state index is 12.3. The van der Waals surface area contributed by atoms with Gasteiger partial charge in [-0.15, -0.1) is 0 Å². The SMILES string of the molecule is CS(=O)(O)=Cc1cccc(C(F)(F)F)c1. The van der Waals surface area contributed by atoms with Crippen molar-refractivity contribution in [2.24, 2.45) is 0 Å². The van der Waals surface area contributed by atoms with Crippen LogP contribution in [0.2, 0.25) is 0 Å². The molecule has 0 aliphatic rings. The first-order chi connectivity index (χ1) is 6.68. The maximum Gasteiger partial charge on any atom is 0.416 e. The molecule has 15 heavy (non-hydrogen) atoms. The summed E-state index contributed by atoms with van der Waals surface area (Å²) in [5, 5.41) is 0.905. The average Bonchev–Trinajstić information content (AvgIpc) is 1.99. The van der Waals surface area contributed by atoms with Crippen LogP contribution in [0.5, 0.6) is 0 Å². The third-order valence-electron chi connectivity index (χ3n) is 1.57. The molecule has 0 saturated carbocycles. The summed E-state index contributed by atoms with van der Waals surface area (Å²) < 4.78 is 56.7. The van der Waals surface area contributed by atoms with Gasteiger partial charge in [0.05, 0.1) is 15.4 Å². The first-order valence-corrected chi connectivity index (χ1v) is 5.91. The van der Waals surface area contributed by atoms with Gasteiger partial charge in [0.1, 0.15) is 0 Å². The lowest BCUT2D eigenvalue weighted by Gasteiger charge is -2.06. The Bertz CT molecular complexity index is 462. The van der Waals surface area contributed by atoms with Crippen LogP contribution in [0.3, 0.4) is 0 Å². The third-order valence-corrected chi connectivity index (χ3v) is 2.28. The topological polar surface area (TPSA) is 37.3 Å². The van der Waals surface area contributed by atoms with Gasteiger partial charge in [-0.2, -0.15) is 13.2 Å². The lowest BCUT2D eigenvalue weighted by Crippen LogP contribution is -2.06. The minimum absolute atomic E-state index is 0.0832. The zero-order valence-electron chi connectivity index (χ0n) is 7.78. The smallest absolute Gasteiger partial charge is 0.314 e. The second-order valence-corrected chi connectivity index (χ2v) is 5.06.